The Kier molecular flexibility index (Phi) is 9.37. The van der Waals surface area contributed by atoms with Gasteiger partial charge in [-0.2, -0.15) is 0 Å². The molecule has 11 heteroatoms. The molecule has 7 rings (SSSR count). The topological polar surface area (TPSA) is 124 Å². The van der Waals surface area contributed by atoms with E-state index in [2.05, 4.69) is 20.2 Å². The van der Waals surface area contributed by atoms with Gasteiger partial charge in [-0.1, -0.05) is 18.2 Å². The van der Waals surface area contributed by atoms with Gasteiger partial charge in [0.1, 0.15) is 23.1 Å². The van der Waals surface area contributed by atoms with Crippen molar-refractivity contribution in [3.8, 4) is 22.9 Å². The molecular formula is C36H40N6O5. The smallest absolute Gasteiger partial charge is 0.274 e. The first-order valence-electron chi connectivity index (χ1n) is 15.8. The molecule has 2 N–H and O–H groups in total. The van der Waals surface area contributed by atoms with Crippen LogP contribution in [0.4, 0.5) is 5.82 Å². The van der Waals surface area contributed by atoms with Crippen molar-refractivity contribution in [1.82, 2.24) is 24.2 Å². The fourth-order valence-electron chi connectivity index (χ4n) is 6.05. The number of pyridine rings is 2. The summed E-state index contributed by atoms with van der Waals surface area (Å²) in [5, 5.41) is 13.5. The van der Waals surface area contributed by atoms with E-state index in [9.17, 15) is 14.7 Å². The number of aromatic nitrogens is 4. The lowest BCUT2D eigenvalue weighted by molar-refractivity contribution is -0.105. The number of aliphatic hydroxyl groups excluding tert-OH is 1. The van der Waals surface area contributed by atoms with Crippen LogP contribution < -0.4 is 20.3 Å². The number of aliphatic hydroxyl groups is 1. The zero-order chi connectivity index (χ0) is 33.0. The average Bonchev–Trinajstić information content (AvgIpc) is 3.77. The Hall–Kier alpha value is -5.00. The number of ether oxygens (including phenoxy) is 2. The zero-order valence-corrected chi connectivity index (χ0v) is 26.9. The molecule has 47 heavy (non-hydrogen) atoms. The number of likely N-dealkylation sites (tertiary alicyclic amines) is 1. The summed E-state index contributed by atoms with van der Waals surface area (Å²) in [6.07, 6.45) is 6.92. The highest BCUT2D eigenvalue weighted by atomic mass is 16.5. The summed E-state index contributed by atoms with van der Waals surface area (Å²) in [4.78, 5) is 33.4. The lowest BCUT2D eigenvalue weighted by Gasteiger charge is -2.15. The molecule has 1 aliphatic carbocycles. The SMILES string of the molecule is Cc1c(C)n(C)n(-c2ccccc2)c1=O.O=CNc1ccc(Oc2ccnc3cc(OCCCN4CC(O)C5(CC5)C4)ccc23)cn1. The molecule has 1 spiro atoms. The first-order valence-corrected chi connectivity index (χ1v) is 15.8. The lowest BCUT2D eigenvalue weighted by atomic mass is 10.0. The number of anilines is 1. The Balaban J connectivity index is 0.000000215. The van der Waals surface area contributed by atoms with E-state index in [-0.39, 0.29) is 17.1 Å². The van der Waals surface area contributed by atoms with Gasteiger partial charge in [-0.3, -0.25) is 24.2 Å². The number of nitrogens with zero attached hydrogens (tertiary/aromatic N) is 5. The fraction of sp³-hybridized carbons (Fsp3) is 0.333. The van der Waals surface area contributed by atoms with Gasteiger partial charge in [-0.05, 0) is 75.6 Å². The second kappa shape index (κ2) is 13.8. The average molecular weight is 637 g/mol. The second-order valence-electron chi connectivity index (χ2n) is 12.2. The summed E-state index contributed by atoms with van der Waals surface area (Å²) in [5.74, 6) is 2.46. The molecule has 0 bridgehead atoms. The highest BCUT2D eigenvalue weighted by molar-refractivity contribution is 5.86. The molecule has 5 aromatic rings. The highest BCUT2D eigenvalue weighted by Gasteiger charge is 2.54. The molecule has 2 aliphatic rings. The van der Waals surface area contributed by atoms with Gasteiger partial charge in [-0.15, -0.1) is 0 Å². The molecule has 1 atom stereocenters. The lowest BCUT2D eigenvalue weighted by Crippen LogP contribution is -2.24. The van der Waals surface area contributed by atoms with Crippen LogP contribution in [0.15, 0.2) is 83.9 Å². The van der Waals surface area contributed by atoms with Crippen molar-refractivity contribution in [2.45, 2.75) is 39.2 Å². The molecule has 2 fully saturated rings. The number of para-hydroxylation sites is 1. The molecular weight excluding hydrogens is 596 g/mol. The molecule has 0 radical (unpaired) electrons. The van der Waals surface area contributed by atoms with Crippen molar-refractivity contribution in [2.24, 2.45) is 12.5 Å². The largest absolute Gasteiger partial charge is 0.493 e. The maximum atomic E-state index is 12.0. The van der Waals surface area contributed by atoms with Gasteiger partial charge in [0.25, 0.3) is 5.56 Å². The molecule has 2 aromatic carbocycles. The number of amides is 1. The van der Waals surface area contributed by atoms with Crippen LogP contribution in [0.25, 0.3) is 16.6 Å². The van der Waals surface area contributed by atoms with E-state index >= 15 is 0 Å². The van der Waals surface area contributed by atoms with Gasteiger partial charge in [-0.25, -0.2) is 9.67 Å². The maximum absolute atomic E-state index is 12.0. The normalized spacial score (nSPS) is 16.5. The first-order chi connectivity index (χ1) is 22.8. The maximum Gasteiger partial charge on any atom is 0.274 e. The quantitative estimate of drug-likeness (QED) is 0.162. The molecule has 1 unspecified atom stereocenters. The number of fused-ring (bicyclic) bond motifs is 1. The van der Waals surface area contributed by atoms with Gasteiger partial charge in [0.15, 0.2) is 0 Å². The third-order valence-corrected chi connectivity index (χ3v) is 9.14. The summed E-state index contributed by atoms with van der Waals surface area (Å²) in [6, 6.07) is 20.7. The monoisotopic (exact) mass is 636 g/mol. The van der Waals surface area contributed by atoms with Crippen molar-refractivity contribution in [2.75, 3.05) is 31.6 Å². The standard InChI is InChI=1S/C24H26N4O4.C12H14N2O/c29-16-27-23-5-3-18(13-26-23)32-21-6-9-25-20-12-17(2-4-19(20)21)31-11-1-10-28-14-22(30)24(15-28)7-8-24;1-9-10(2)13(3)14(12(9)15)11-7-5-4-6-8-11/h2-6,9,12-13,16,22,30H,1,7-8,10-11,14-15H2,(H,26,27,29);4-8H,1-3H3. The molecule has 1 saturated carbocycles. The molecule has 1 aliphatic heterocycles. The molecule has 4 heterocycles. The van der Waals surface area contributed by atoms with Crippen molar-refractivity contribution < 1.29 is 19.4 Å². The van der Waals surface area contributed by atoms with Crippen LogP contribution in [0.1, 0.15) is 30.5 Å². The van der Waals surface area contributed by atoms with Crippen molar-refractivity contribution >= 4 is 23.1 Å². The Bertz CT molecular complexity index is 1900. The number of nitrogens with one attached hydrogen (secondary N) is 1. The summed E-state index contributed by atoms with van der Waals surface area (Å²) in [5.41, 5.74) is 3.76. The van der Waals surface area contributed by atoms with E-state index in [0.717, 1.165) is 72.5 Å². The number of hydrogen-bond acceptors (Lipinski definition) is 8. The van der Waals surface area contributed by atoms with Gasteiger partial charge in [0, 0.05) is 61.0 Å². The molecule has 3 aromatic heterocycles. The van der Waals surface area contributed by atoms with E-state index in [0.29, 0.717) is 30.3 Å². The predicted octanol–water partition coefficient (Wildman–Crippen LogP) is 5.01. The zero-order valence-electron chi connectivity index (χ0n) is 26.9. The number of hydrogen-bond donors (Lipinski definition) is 2. The van der Waals surface area contributed by atoms with Gasteiger partial charge < -0.3 is 19.9 Å². The minimum Gasteiger partial charge on any atom is -0.493 e. The van der Waals surface area contributed by atoms with Crippen LogP contribution in [0, 0.1) is 19.3 Å². The summed E-state index contributed by atoms with van der Waals surface area (Å²) < 4.78 is 15.5. The van der Waals surface area contributed by atoms with Crippen LogP contribution >= 0.6 is 0 Å². The minimum atomic E-state index is -0.159. The Morgan fingerprint density at radius 3 is 2.49 bits per heavy atom. The molecule has 244 valence electrons. The van der Waals surface area contributed by atoms with E-state index < -0.39 is 0 Å². The number of carbonyl (C=O) groups is 1. The predicted molar refractivity (Wildman–Crippen MR) is 180 cm³/mol. The van der Waals surface area contributed by atoms with Crippen LogP contribution in [0.3, 0.4) is 0 Å². The number of β-amino-alcohol motifs (C(OH)–C–C–N with tert-alkyl or cyclic N) is 1. The summed E-state index contributed by atoms with van der Waals surface area (Å²) in [6.45, 7) is 7.18. The van der Waals surface area contributed by atoms with Crippen molar-refractivity contribution in [3.63, 3.8) is 0 Å². The van der Waals surface area contributed by atoms with Crippen LogP contribution in [-0.4, -0.2) is 68.1 Å². The molecule has 11 nitrogen and oxygen atoms in total. The van der Waals surface area contributed by atoms with E-state index in [1.54, 1.807) is 35.3 Å². The highest BCUT2D eigenvalue weighted by Crippen LogP contribution is 2.52. The first kappa shape index (κ1) is 32.0. The van der Waals surface area contributed by atoms with Gasteiger partial charge in [0.05, 0.1) is 30.1 Å². The summed E-state index contributed by atoms with van der Waals surface area (Å²) >= 11 is 0. The van der Waals surface area contributed by atoms with Crippen LogP contribution in [-0.2, 0) is 11.8 Å². The molecule has 1 amide bonds. The van der Waals surface area contributed by atoms with Crippen molar-refractivity contribution in [3.05, 3.63) is 101 Å². The fourth-order valence-corrected chi connectivity index (χ4v) is 6.05. The van der Waals surface area contributed by atoms with Gasteiger partial charge >= 0.3 is 0 Å². The molecule has 1 saturated heterocycles. The third-order valence-electron chi connectivity index (χ3n) is 9.14. The van der Waals surface area contributed by atoms with E-state index in [1.165, 1.54) is 0 Å². The van der Waals surface area contributed by atoms with E-state index in [4.69, 9.17) is 9.47 Å². The number of carbonyl (C=O) groups excluding carboxylic acids is 1. The minimum absolute atomic E-state index is 0.0567. The van der Waals surface area contributed by atoms with E-state index in [1.807, 2.05) is 74.1 Å². The van der Waals surface area contributed by atoms with Crippen LogP contribution in [0.5, 0.6) is 17.2 Å². The number of benzene rings is 2. The van der Waals surface area contributed by atoms with Gasteiger partial charge in [0.2, 0.25) is 6.41 Å². The second-order valence-corrected chi connectivity index (χ2v) is 12.2. The Morgan fingerprint density at radius 1 is 1.04 bits per heavy atom. The van der Waals surface area contributed by atoms with Crippen LogP contribution in [0.2, 0.25) is 0 Å². The van der Waals surface area contributed by atoms with Crippen molar-refractivity contribution in [1.29, 1.82) is 0 Å². The number of rotatable bonds is 10. The Labute approximate surface area is 273 Å². The summed E-state index contributed by atoms with van der Waals surface area (Å²) in [7, 11) is 1.90. The third kappa shape index (κ3) is 7.06. The Morgan fingerprint density at radius 2 is 1.83 bits per heavy atom.